The fourth-order valence-electron chi connectivity index (χ4n) is 3.82. The molecule has 32 heavy (non-hydrogen) atoms. The van der Waals surface area contributed by atoms with Crippen molar-refractivity contribution in [3.05, 3.63) is 58.7 Å². The van der Waals surface area contributed by atoms with Crippen LogP contribution in [0.5, 0.6) is 11.5 Å². The summed E-state index contributed by atoms with van der Waals surface area (Å²) in [6.45, 7) is 7.21. The van der Waals surface area contributed by atoms with Crippen LogP contribution in [-0.2, 0) is 15.9 Å². The molecule has 2 N–H and O–H groups in total. The van der Waals surface area contributed by atoms with Crippen LogP contribution < -0.4 is 9.47 Å². The molecule has 0 saturated carbocycles. The molecule has 2 aliphatic heterocycles. The van der Waals surface area contributed by atoms with E-state index < -0.39 is 6.10 Å². The van der Waals surface area contributed by atoms with Gasteiger partial charge in [-0.15, -0.1) is 0 Å². The molecule has 0 aliphatic carbocycles. The van der Waals surface area contributed by atoms with Crippen molar-refractivity contribution in [2.45, 2.75) is 58.3 Å². The second kappa shape index (κ2) is 13.4. The number of methoxy groups -OCH3 is 1. The van der Waals surface area contributed by atoms with Gasteiger partial charge in [0, 0.05) is 27.1 Å². The summed E-state index contributed by atoms with van der Waals surface area (Å²) in [5.41, 5.74) is 4.64. The maximum atomic E-state index is 10.1. The molecule has 2 aromatic carbocycles. The van der Waals surface area contributed by atoms with E-state index in [0.717, 1.165) is 29.0 Å². The molecular weight excluding hydrogens is 408 g/mol. The fraction of sp³-hybridized carbons (Fsp3) is 0.538. The summed E-state index contributed by atoms with van der Waals surface area (Å²) in [6.07, 6.45) is 0.899. The molecule has 0 aromatic heterocycles. The molecule has 3 atom stereocenters. The molecule has 2 aliphatic rings. The average molecular weight is 447 g/mol. The van der Waals surface area contributed by atoms with Crippen LogP contribution in [0, 0.1) is 6.92 Å². The van der Waals surface area contributed by atoms with Crippen molar-refractivity contribution in [3.63, 3.8) is 0 Å². The van der Waals surface area contributed by atoms with Crippen molar-refractivity contribution in [2.75, 3.05) is 34.0 Å². The molecule has 0 spiro atoms. The van der Waals surface area contributed by atoms with Gasteiger partial charge < -0.3 is 29.2 Å². The minimum atomic E-state index is -0.441. The van der Waals surface area contributed by atoms with Gasteiger partial charge in [0.15, 0.2) is 11.5 Å². The first kappa shape index (κ1) is 26.1. The Bertz CT molecular complexity index is 822. The Labute approximate surface area is 192 Å². The third-order valence-electron chi connectivity index (χ3n) is 5.33. The van der Waals surface area contributed by atoms with Crippen molar-refractivity contribution in [1.29, 1.82) is 0 Å². The van der Waals surface area contributed by atoms with Gasteiger partial charge in [-0.05, 0) is 47.7 Å². The van der Waals surface area contributed by atoms with Gasteiger partial charge in [0.05, 0.1) is 24.9 Å². The molecule has 6 heteroatoms. The fourth-order valence-corrected chi connectivity index (χ4v) is 3.82. The lowest BCUT2D eigenvalue weighted by Crippen LogP contribution is -2.33. The standard InChI is InChI=1S/C22H26O5.C2H6O.C2H6/c1-14-2-4-16(21-12-18(24)11-19(13-23)27-21)10-17(14)8-15-3-5-20-22(9-15)26-7-6-25-20;1-3-2;1-2/h2-5,9-10,18-19,21,23-24H,6-8,11-13H2,1H3;1-2H3;1-2H3. The lowest BCUT2D eigenvalue weighted by atomic mass is 9.92. The normalized spacial score (nSPS) is 21.5. The van der Waals surface area contributed by atoms with E-state index in [1.807, 2.05) is 26.0 Å². The van der Waals surface area contributed by atoms with E-state index in [-0.39, 0.29) is 18.8 Å². The van der Waals surface area contributed by atoms with Gasteiger partial charge in [0.1, 0.15) is 13.2 Å². The Morgan fingerprint density at radius 1 is 0.969 bits per heavy atom. The molecule has 0 radical (unpaired) electrons. The van der Waals surface area contributed by atoms with Crippen molar-refractivity contribution in [2.24, 2.45) is 0 Å². The molecule has 2 heterocycles. The smallest absolute Gasteiger partial charge is 0.161 e. The quantitative estimate of drug-likeness (QED) is 0.732. The summed E-state index contributed by atoms with van der Waals surface area (Å²) in [5, 5.41) is 19.5. The van der Waals surface area contributed by atoms with Crippen LogP contribution in [0.3, 0.4) is 0 Å². The second-order valence-corrected chi connectivity index (χ2v) is 7.80. The first-order valence-corrected chi connectivity index (χ1v) is 11.4. The molecule has 0 amide bonds. The largest absolute Gasteiger partial charge is 0.486 e. The SMILES string of the molecule is CC.COC.Cc1ccc(C2CC(O)CC(CO)O2)cc1Cc1ccc2c(c1)OCCO2. The van der Waals surface area contributed by atoms with Crippen LogP contribution in [0.15, 0.2) is 36.4 Å². The number of aryl methyl sites for hydroxylation is 1. The van der Waals surface area contributed by atoms with E-state index >= 15 is 0 Å². The molecule has 4 rings (SSSR count). The van der Waals surface area contributed by atoms with Crippen LogP contribution in [0.25, 0.3) is 0 Å². The van der Waals surface area contributed by atoms with Crippen molar-refractivity contribution < 1.29 is 29.2 Å². The molecule has 178 valence electrons. The van der Waals surface area contributed by atoms with Gasteiger partial charge in [-0.1, -0.05) is 38.1 Å². The third kappa shape index (κ3) is 7.20. The summed E-state index contributed by atoms with van der Waals surface area (Å²) < 4.78 is 21.5. The van der Waals surface area contributed by atoms with E-state index in [1.54, 1.807) is 14.2 Å². The van der Waals surface area contributed by atoms with Gasteiger partial charge in [-0.2, -0.15) is 0 Å². The summed E-state index contributed by atoms with van der Waals surface area (Å²) in [6, 6.07) is 12.4. The Hall–Kier alpha value is -2.12. The van der Waals surface area contributed by atoms with E-state index in [1.165, 1.54) is 11.1 Å². The van der Waals surface area contributed by atoms with Gasteiger partial charge in [0.2, 0.25) is 0 Å². The molecular formula is C26H38O6. The molecule has 1 saturated heterocycles. The van der Waals surface area contributed by atoms with Crippen LogP contribution in [0.4, 0.5) is 0 Å². The van der Waals surface area contributed by atoms with Crippen molar-refractivity contribution in [3.8, 4) is 11.5 Å². The molecule has 2 aromatic rings. The molecule has 0 bridgehead atoms. The maximum absolute atomic E-state index is 10.1. The lowest BCUT2D eigenvalue weighted by Gasteiger charge is -2.32. The highest BCUT2D eigenvalue weighted by Crippen LogP contribution is 2.34. The summed E-state index contributed by atoms with van der Waals surface area (Å²) in [5.74, 6) is 1.60. The topological polar surface area (TPSA) is 77.4 Å². The maximum Gasteiger partial charge on any atom is 0.161 e. The summed E-state index contributed by atoms with van der Waals surface area (Å²) in [7, 11) is 3.25. The number of fused-ring (bicyclic) bond motifs is 1. The summed E-state index contributed by atoms with van der Waals surface area (Å²) >= 11 is 0. The van der Waals surface area contributed by atoms with Crippen LogP contribution in [-0.4, -0.2) is 56.5 Å². The van der Waals surface area contributed by atoms with Crippen LogP contribution in [0.1, 0.15) is 55.0 Å². The minimum Gasteiger partial charge on any atom is -0.486 e. The second-order valence-electron chi connectivity index (χ2n) is 7.80. The van der Waals surface area contributed by atoms with E-state index in [9.17, 15) is 10.2 Å². The number of rotatable bonds is 4. The molecule has 6 nitrogen and oxygen atoms in total. The Balaban J connectivity index is 0.000000671. The minimum absolute atomic E-state index is 0.0660. The van der Waals surface area contributed by atoms with Gasteiger partial charge in [-0.3, -0.25) is 0 Å². The zero-order valence-electron chi connectivity index (χ0n) is 20.0. The van der Waals surface area contributed by atoms with Crippen molar-refractivity contribution >= 4 is 0 Å². The number of benzene rings is 2. The molecule has 1 fully saturated rings. The highest BCUT2D eigenvalue weighted by Gasteiger charge is 2.29. The lowest BCUT2D eigenvalue weighted by molar-refractivity contribution is -0.113. The number of aliphatic hydroxyl groups is 2. The zero-order chi connectivity index (χ0) is 23.5. The van der Waals surface area contributed by atoms with Gasteiger partial charge in [0.25, 0.3) is 0 Å². The average Bonchev–Trinajstić information content (AvgIpc) is 2.82. The first-order chi connectivity index (χ1) is 15.5. The zero-order valence-corrected chi connectivity index (χ0v) is 20.0. The highest BCUT2D eigenvalue weighted by molar-refractivity contribution is 5.46. The number of hydrogen-bond acceptors (Lipinski definition) is 6. The van der Waals surface area contributed by atoms with E-state index in [4.69, 9.17) is 14.2 Å². The predicted molar refractivity (Wildman–Crippen MR) is 126 cm³/mol. The monoisotopic (exact) mass is 446 g/mol. The van der Waals surface area contributed by atoms with Crippen LogP contribution >= 0.6 is 0 Å². The highest BCUT2D eigenvalue weighted by atomic mass is 16.6. The Morgan fingerprint density at radius 2 is 1.66 bits per heavy atom. The Morgan fingerprint density at radius 3 is 2.34 bits per heavy atom. The Kier molecular flexibility index (Phi) is 11.0. The van der Waals surface area contributed by atoms with Crippen molar-refractivity contribution in [1.82, 2.24) is 0 Å². The van der Waals surface area contributed by atoms with Gasteiger partial charge in [-0.25, -0.2) is 0 Å². The van der Waals surface area contributed by atoms with E-state index in [0.29, 0.717) is 26.1 Å². The summed E-state index contributed by atoms with van der Waals surface area (Å²) in [4.78, 5) is 0. The van der Waals surface area contributed by atoms with Gasteiger partial charge >= 0.3 is 0 Å². The van der Waals surface area contributed by atoms with Crippen LogP contribution in [0.2, 0.25) is 0 Å². The number of hydrogen-bond donors (Lipinski definition) is 2. The third-order valence-corrected chi connectivity index (χ3v) is 5.33. The number of aliphatic hydroxyl groups excluding tert-OH is 2. The first-order valence-electron chi connectivity index (χ1n) is 11.4. The molecule has 3 unspecified atom stereocenters. The van der Waals surface area contributed by atoms with E-state index in [2.05, 4.69) is 35.9 Å². The number of ether oxygens (including phenoxy) is 4. The predicted octanol–water partition coefficient (Wildman–Crippen LogP) is 4.22.